The SMILES string of the molecule is C[C@@H]1OC(O)[C@H](O[C@@H]2O[C@H](CO)[C@@H](O)[C@H](O)[C@H]2O)[C@H](O[C@H]2O[C@H](CO)[C@@H](O)[C@H](O)[C@@H]2O)[C@H]1O. The topological polar surface area (TPSA) is 248 Å². The van der Waals surface area contributed by atoms with Gasteiger partial charge in [0.1, 0.15) is 67.1 Å². The summed E-state index contributed by atoms with van der Waals surface area (Å²) < 4.78 is 26.8. The monoisotopic (exact) mass is 488 g/mol. The summed E-state index contributed by atoms with van der Waals surface area (Å²) in [5.41, 5.74) is 0. The van der Waals surface area contributed by atoms with Crippen molar-refractivity contribution in [3.63, 3.8) is 0 Å². The summed E-state index contributed by atoms with van der Waals surface area (Å²) in [6.07, 6.45) is -24.1. The molecule has 3 heterocycles. The van der Waals surface area contributed by atoms with Gasteiger partial charge in [0.05, 0.1) is 19.3 Å². The summed E-state index contributed by atoms with van der Waals surface area (Å²) >= 11 is 0. The smallest absolute Gasteiger partial charge is 0.187 e. The van der Waals surface area contributed by atoms with E-state index in [1.807, 2.05) is 0 Å². The Bertz CT molecular complexity index is 622. The normalized spacial score (nSPS) is 53.7. The molecule has 0 aliphatic carbocycles. The lowest BCUT2D eigenvalue weighted by Crippen LogP contribution is -2.66. The average molecular weight is 488 g/mol. The molecule has 3 aliphatic heterocycles. The van der Waals surface area contributed by atoms with E-state index in [0.717, 1.165) is 0 Å². The fourth-order valence-electron chi connectivity index (χ4n) is 3.97. The van der Waals surface area contributed by atoms with Gasteiger partial charge < -0.3 is 74.7 Å². The number of hydrogen-bond donors (Lipinski definition) is 10. The van der Waals surface area contributed by atoms with Crippen LogP contribution in [0.5, 0.6) is 0 Å². The van der Waals surface area contributed by atoms with Crippen molar-refractivity contribution in [3.05, 3.63) is 0 Å². The first-order chi connectivity index (χ1) is 15.5. The van der Waals surface area contributed by atoms with Crippen molar-refractivity contribution >= 4 is 0 Å². The van der Waals surface area contributed by atoms with Crippen LogP contribution in [0, 0.1) is 0 Å². The molecule has 0 saturated carbocycles. The molecule has 10 N–H and O–H groups in total. The van der Waals surface area contributed by atoms with E-state index < -0.39 is 105 Å². The predicted octanol–water partition coefficient (Wildman–Crippen LogP) is -6.55. The first-order valence-corrected chi connectivity index (χ1v) is 10.4. The van der Waals surface area contributed by atoms with Crippen LogP contribution in [-0.4, -0.2) is 156 Å². The molecule has 3 aliphatic rings. The average Bonchev–Trinajstić information content (AvgIpc) is 2.79. The van der Waals surface area contributed by atoms with Gasteiger partial charge in [0, 0.05) is 0 Å². The van der Waals surface area contributed by atoms with Crippen LogP contribution in [-0.2, 0) is 23.7 Å². The molecule has 0 bridgehead atoms. The number of rotatable bonds is 6. The van der Waals surface area contributed by atoms with E-state index in [1.165, 1.54) is 6.92 Å². The summed E-state index contributed by atoms with van der Waals surface area (Å²) in [5.74, 6) is 0. The number of ether oxygens (including phenoxy) is 5. The molecule has 0 aromatic rings. The first kappa shape index (κ1) is 27.0. The summed E-state index contributed by atoms with van der Waals surface area (Å²) in [7, 11) is 0. The van der Waals surface area contributed by atoms with Crippen molar-refractivity contribution in [3.8, 4) is 0 Å². The standard InChI is InChI=1S/C18H32O15/c1-4-7(21)14(32-17-12(26)10(24)8(22)5(2-19)30-17)15(16(28)29-4)33-18-13(27)11(25)9(23)6(3-20)31-18/h4-28H,2-3H2,1H3/t4-,5+,6+,7-,8+,9+,10-,11-,12-,13+,14+,15+,16?,17+,18-/m0/s1. The van der Waals surface area contributed by atoms with Crippen molar-refractivity contribution in [2.45, 2.75) is 99.0 Å². The minimum absolute atomic E-state index is 0.731. The second kappa shape index (κ2) is 11.0. The first-order valence-electron chi connectivity index (χ1n) is 10.4. The van der Waals surface area contributed by atoms with Crippen LogP contribution in [0.3, 0.4) is 0 Å². The van der Waals surface area contributed by atoms with Crippen molar-refractivity contribution in [1.29, 1.82) is 0 Å². The van der Waals surface area contributed by atoms with Gasteiger partial charge in [0.2, 0.25) is 0 Å². The molecule has 0 aromatic heterocycles. The van der Waals surface area contributed by atoms with Crippen LogP contribution in [0.1, 0.15) is 6.92 Å². The minimum atomic E-state index is -1.83. The third kappa shape index (κ3) is 5.32. The van der Waals surface area contributed by atoms with Gasteiger partial charge in [0.25, 0.3) is 0 Å². The summed E-state index contributed by atoms with van der Waals surface area (Å²) in [4.78, 5) is 0. The molecule has 15 atom stereocenters. The Labute approximate surface area is 187 Å². The fraction of sp³-hybridized carbons (Fsp3) is 1.00. The Morgan fingerprint density at radius 3 is 1.39 bits per heavy atom. The lowest BCUT2D eigenvalue weighted by Gasteiger charge is -2.48. The fourth-order valence-corrected chi connectivity index (χ4v) is 3.97. The molecule has 0 amide bonds. The van der Waals surface area contributed by atoms with E-state index in [0.29, 0.717) is 0 Å². The maximum Gasteiger partial charge on any atom is 0.187 e. The van der Waals surface area contributed by atoms with Crippen LogP contribution >= 0.6 is 0 Å². The third-order valence-corrected chi connectivity index (χ3v) is 6.06. The van der Waals surface area contributed by atoms with Gasteiger partial charge in [-0.15, -0.1) is 0 Å². The highest BCUT2D eigenvalue weighted by molar-refractivity contribution is 4.95. The van der Waals surface area contributed by atoms with Gasteiger partial charge in [-0.2, -0.15) is 0 Å². The Balaban J connectivity index is 1.80. The highest BCUT2D eigenvalue weighted by Gasteiger charge is 2.53. The van der Waals surface area contributed by atoms with E-state index in [4.69, 9.17) is 23.7 Å². The van der Waals surface area contributed by atoms with Gasteiger partial charge in [-0.05, 0) is 6.92 Å². The molecule has 194 valence electrons. The number of aliphatic hydroxyl groups is 10. The Kier molecular flexibility index (Phi) is 8.99. The molecule has 15 nitrogen and oxygen atoms in total. The molecule has 1 unspecified atom stereocenters. The van der Waals surface area contributed by atoms with Crippen molar-refractivity contribution < 1.29 is 74.7 Å². The van der Waals surface area contributed by atoms with Crippen molar-refractivity contribution in [1.82, 2.24) is 0 Å². The van der Waals surface area contributed by atoms with E-state index in [-0.39, 0.29) is 0 Å². The van der Waals surface area contributed by atoms with E-state index in [9.17, 15) is 51.1 Å². The molecular formula is C18H32O15. The Morgan fingerprint density at radius 1 is 0.545 bits per heavy atom. The molecule has 0 spiro atoms. The van der Waals surface area contributed by atoms with Gasteiger partial charge in [-0.25, -0.2) is 0 Å². The summed E-state index contributed by atoms with van der Waals surface area (Å²) in [5, 5.41) is 99.9. The second-order valence-corrected chi connectivity index (χ2v) is 8.32. The molecule has 0 radical (unpaired) electrons. The number of aliphatic hydroxyl groups excluding tert-OH is 10. The maximum absolute atomic E-state index is 10.6. The zero-order valence-electron chi connectivity index (χ0n) is 17.6. The van der Waals surface area contributed by atoms with Crippen LogP contribution in [0.2, 0.25) is 0 Å². The molecule has 33 heavy (non-hydrogen) atoms. The van der Waals surface area contributed by atoms with Crippen molar-refractivity contribution in [2.75, 3.05) is 13.2 Å². The lowest BCUT2D eigenvalue weighted by molar-refractivity contribution is -0.385. The summed E-state index contributed by atoms with van der Waals surface area (Å²) in [6.45, 7) is -0.0778. The predicted molar refractivity (Wildman–Crippen MR) is 99.8 cm³/mol. The highest BCUT2D eigenvalue weighted by Crippen LogP contribution is 2.32. The molecule has 0 aromatic carbocycles. The van der Waals surface area contributed by atoms with Crippen LogP contribution in [0.25, 0.3) is 0 Å². The van der Waals surface area contributed by atoms with Gasteiger partial charge in [0.15, 0.2) is 18.9 Å². The van der Waals surface area contributed by atoms with Crippen LogP contribution in [0.15, 0.2) is 0 Å². The molecular weight excluding hydrogens is 456 g/mol. The third-order valence-electron chi connectivity index (χ3n) is 6.06. The lowest BCUT2D eigenvalue weighted by atomic mass is 9.96. The molecule has 3 rings (SSSR count). The van der Waals surface area contributed by atoms with Crippen LogP contribution < -0.4 is 0 Å². The highest BCUT2D eigenvalue weighted by atomic mass is 16.8. The van der Waals surface area contributed by atoms with E-state index >= 15 is 0 Å². The largest absolute Gasteiger partial charge is 0.394 e. The van der Waals surface area contributed by atoms with Crippen molar-refractivity contribution in [2.24, 2.45) is 0 Å². The van der Waals surface area contributed by atoms with E-state index in [1.54, 1.807) is 0 Å². The van der Waals surface area contributed by atoms with Gasteiger partial charge in [-0.3, -0.25) is 0 Å². The second-order valence-electron chi connectivity index (χ2n) is 8.32. The zero-order chi connectivity index (χ0) is 24.6. The molecule has 3 fully saturated rings. The zero-order valence-corrected chi connectivity index (χ0v) is 17.6. The van der Waals surface area contributed by atoms with E-state index in [2.05, 4.69) is 0 Å². The minimum Gasteiger partial charge on any atom is -0.394 e. The maximum atomic E-state index is 10.6. The number of hydrogen-bond acceptors (Lipinski definition) is 15. The molecule has 3 saturated heterocycles. The Hall–Kier alpha value is -0.600. The molecule has 15 heteroatoms. The van der Waals surface area contributed by atoms with Gasteiger partial charge in [-0.1, -0.05) is 0 Å². The quantitative estimate of drug-likeness (QED) is 0.167. The van der Waals surface area contributed by atoms with Crippen LogP contribution in [0.4, 0.5) is 0 Å². The van der Waals surface area contributed by atoms with Gasteiger partial charge >= 0.3 is 0 Å². The summed E-state index contributed by atoms with van der Waals surface area (Å²) in [6, 6.07) is 0. The Morgan fingerprint density at radius 2 is 0.970 bits per heavy atom.